The minimum Gasteiger partial charge on any atom is -0.504 e. The third kappa shape index (κ3) is 2.64. The smallest absolute Gasteiger partial charge is 0.309 e. The second-order valence-electron chi connectivity index (χ2n) is 12.9. The maximum absolute atomic E-state index is 12.6. The molecule has 0 saturated heterocycles. The van der Waals surface area contributed by atoms with E-state index in [2.05, 4.69) is 39.8 Å². The molecule has 5 aliphatic carbocycles. The summed E-state index contributed by atoms with van der Waals surface area (Å²) in [7, 11) is 0. The first kappa shape index (κ1) is 22.7. The molecular weight excluding hydrogens is 412 g/mol. The Hall–Kier alpha value is -2.10. The number of carbonyl (C=O) groups excluding carboxylic acids is 1. The highest BCUT2D eigenvalue weighted by Crippen LogP contribution is 2.75. The normalized spacial score (nSPS) is 46.8. The van der Waals surface area contributed by atoms with Crippen LogP contribution in [-0.4, -0.2) is 22.0 Å². The van der Waals surface area contributed by atoms with E-state index in [1.165, 1.54) is 5.57 Å². The van der Waals surface area contributed by atoms with Gasteiger partial charge in [-0.25, -0.2) is 0 Å². The van der Waals surface area contributed by atoms with E-state index >= 15 is 0 Å². The van der Waals surface area contributed by atoms with Gasteiger partial charge in [-0.1, -0.05) is 45.4 Å². The van der Waals surface area contributed by atoms with Crippen LogP contribution in [-0.2, 0) is 9.59 Å². The molecule has 0 aliphatic heterocycles. The van der Waals surface area contributed by atoms with E-state index in [0.717, 1.165) is 56.1 Å². The summed E-state index contributed by atoms with van der Waals surface area (Å²) in [5.41, 5.74) is 3.33. The first-order valence-corrected chi connectivity index (χ1v) is 12.6. The maximum atomic E-state index is 12.6. The van der Waals surface area contributed by atoms with Crippen LogP contribution in [0.25, 0.3) is 0 Å². The van der Waals surface area contributed by atoms with Crippen LogP contribution in [0.4, 0.5) is 0 Å². The molecular formula is C29H38O4. The highest BCUT2D eigenvalue weighted by Gasteiger charge is 2.67. The van der Waals surface area contributed by atoms with Crippen molar-refractivity contribution in [2.45, 2.75) is 86.5 Å². The summed E-state index contributed by atoms with van der Waals surface area (Å²) in [5, 5.41) is 20.3. The zero-order chi connectivity index (χ0) is 24.2. The quantitative estimate of drug-likeness (QED) is 0.466. The molecule has 0 spiro atoms. The lowest BCUT2D eigenvalue weighted by Gasteiger charge is -2.70. The Kier molecular flexibility index (Phi) is 4.48. The minimum absolute atomic E-state index is 0.0000746. The van der Waals surface area contributed by atoms with Crippen molar-refractivity contribution in [3.05, 3.63) is 46.3 Å². The highest BCUT2D eigenvalue weighted by atomic mass is 16.4. The summed E-state index contributed by atoms with van der Waals surface area (Å²) in [5.74, 6) is -0.734. The van der Waals surface area contributed by atoms with Gasteiger partial charge < -0.3 is 10.2 Å². The third-order valence-electron chi connectivity index (χ3n) is 11.4. The van der Waals surface area contributed by atoms with Gasteiger partial charge in [0.2, 0.25) is 5.78 Å². The van der Waals surface area contributed by atoms with Gasteiger partial charge in [0, 0.05) is 11.0 Å². The molecule has 4 heteroatoms. The molecule has 4 nitrogen and oxygen atoms in total. The molecule has 178 valence electrons. The van der Waals surface area contributed by atoms with Crippen molar-refractivity contribution in [3.8, 4) is 0 Å². The summed E-state index contributed by atoms with van der Waals surface area (Å²) < 4.78 is 0. The first-order chi connectivity index (χ1) is 15.2. The Labute approximate surface area is 197 Å². The number of carbonyl (C=O) groups is 2. The molecule has 0 amide bonds. The lowest BCUT2D eigenvalue weighted by atomic mass is 9.34. The Morgan fingerprint density at radius 2 is 1.64 bits per heavy atom. The summed E-state index contributed by atoms with van der Waals surface area (Å²) >= 11 is 0. The van der Waals surface area contributed by atoms with Crippen LogP contribution in [0.2, 0.25) is 0 Å². The number of hydrogen-bond donors (Lipinski definition) is 2. The Bertz CT molecular complexity index is 1100. The van der Waals surface area contributed by atoms with Crippen LogP contribution in [0.3, 0.4) is 0 Å². The van der Waals surface area contributed by atoms with Crippen molar-refractivity contribution in [1.29, 1.82) is 0 Å². The van der Waals surface area contributed by atoms with Crippen LogP contribution < -0.4 is 0 Å². The minimum atomic E-state index is -0.655. The molecule has 6 atom stereocenters. The standard InChI is InChI=1S/C29H38O4/c1-17-18-7-8-21-27(4,19(18)15-20(30)23(17)31)12-14-29(6)22-16-26(3,24(32)33)10-9-25(22,2)11-13-28(21,29)5/h7-8,15,22,31H,9-14,16H2,1-6H3,(H,32,33)/t22-,25-,26-,27+,28?,29+/m1/s1. The Morgan fingerprint density at radius 3 is 2.30 bits per heavy atom. The van der Waals surface area contributed by atoms with Gasteiger partial charge in [0.15, 0.2) is 5.76 Å². The molecule has 5 rings (SSSR count). The van der Waals surface area contributed by atoms with E-state index in [0.29, 0.717) is 11.5 Å². The largest absolute Gasteiger partial charge is 0.504 e. The van der Waals surface area contributed by atoms with Crippen molar-refractivity contribution >= 4 is 11.8 Å². The molecule has 0 aromatic rings. The van der Waals surface area contributed by atoms with E-state index in [1.54, 1.807) is 6.08 Å². The van der Waals surface area contributed by atoms with Gasteiger partial charge in [0.25, 0.3) is 0 Å². The zero-order valence-electron chi connectivity index (χ0n) is 21.0. The zero-order valence-corrected chi connectivity index (χ0v) is 21.0. The van der Waals surface area contributed by atoms with Gasteiger partial charge in [0.1, 0.15) is 0 Å². The van der Waals surface area contributed by atoms with Gasteiger partial charge in [-0.2, -0.15) is 0 Å². The monoisotopic (exact) mass is 450 g/mol. The molecule has 0 radical (unpaired) electrons. The average molecular weight is 451 g/mol. The highest BCUT2D eigenvalue weighted by molar-refractivity contribution is 6.06. The molecule has 0 heterocycles. The van der Waals surface area contributed by atoms with Gasteiger partial charge in [-0.15, -0.1) is 0 Å². The van der Waals surface area contributed by atoms with Crippen molar-refractivity contribution < 1.29 is 19.8 Å². The second kappa shape index (κ2) is 6.52. The van der Waals surface area contributed by atoms with Crippen molar-refractivity contribution in [3.63, 3.8) is 0 Å². The van der Waals surface area contributed by atoms with Gasteiger partial charge >= 0.3 is 5.97 Å². The third-order valence-corrected chi connectivity index (χ3v) is 11.4. The lowest BCUT2D eigenvalue weighted by molar-refractivity contribution is -0.178. The number of ketones is 1. The molecule has 3 saturated carbocycles. The van der Waals surface area contributed by atoms with Crippen LogP contribution in [0.15, 0.2) is 46.3 Å². The number of aliphatic hydroxyl groups is 1. The van der Waals surface area contributed by atoms with E-state index in [4.69, 9.17) is 0 Å². The molecule has 0 aromatic heterocycles. The van der Waals surface area contributed by atoms with Crippen LogP contribution >= 0.6 is 0 Å². The average Bonchev–Trinajstić information content (AvgIpc) is 2.75. The summed E-state index contributed by atoms with van der Waals surface area (Å²) in [6.45, 7) is 13.3. The number of fused-ring (bicyclic) bond motifs is 7. The molecule has 1 unspecified atom stereocenters. The van der Waals surface area contributed by atoms with Crippen molar-refractivity contribution in [2.75, 3.05) is 0 Å². The maximum Gasteiger partial charge on any atom is 0.309 e. The predicted octanol–water partition coefficient (Wildman–Crippen LogP) is 6.70. The number of aliphatic hydroxyl groups excluding tert-OH is 1. The Balaban J connectivity index is 1.64. The number of carboxylic acid groups (broad SMARTS) is 1. The second-order valence-corrected chi connectivity index (χ2v) is 12.9. The molecule has 0 bridgehead atoms. The van der Waals surface area contributed by atoms with Gasteiger partial charge in [-0.05, 0) is 98.2 Å². The number of allylic oxidation sites excluding steroid dienone is 7. The SMILES string of the molecule is CC1=C(O)C(=O)C=C2C1=CC=C1C3(C)CC[C@@]4(C)CC[C@@](C)(C(=O)O)C[C@H]4[C@]3(C)CC[C@@]21C. The van der Waals surface area contributed by atoms with Crippen LogP contribution in [0.1, 0.15) is 86.5 Å². The van der Waals surface area contributed by atoms with Gasteiger partial charge in [0.05, 0.1) is 5.41 Å². The fraction of sp³-hybridized carbons (Fsp3) is 0.655. The fourth-order valence-corrected chi connectivity index (χ4v) is 8.65. The fourth-order valence-electron chi connectivity index (χ4n) is 8.65. The van der Waals surface area contributed by atoms with Crippen molar-refractivity contribution in [2.24, 2.45) is 33.0 Å². The topological polar surface area (TPSA) is 74.6 Å². The summed E-state index contributed by atoms with van der Waals surface area (Å²) in [6.07, 6.45) is 12.7. The molecule has 3 fully saturated rings. The number of rotatable bonds is 1. The summed E-state index contributed by atoms with van der Waals surface area (Å²) in [4.78, 5) is 24.8. The number of aliphatic carboxylic acids is 1. The van der Waals surface area contributed by atoms with E-state index in [9.17, 15) is 19.8 Å². The molecule has 2 N–H and O–H groups in total. The molecule has 0 aromatic carbocycles. The number of hydrogen-bond acceptors (Lipinski definition) is 3. The van der Waals surface area contributed by atoms with Gasteiger partial charge in [-0.3, -0.25) is 9.59 Å². The predicted molar refractivity (Wildman–Crippen MR) is 129 cm³/mol. The van der Waals surface area contributed by atoms with E-state index in [-0.39, 0.29) is 33.2 Å². The van der Waals surface area contributed by atoms with Crippen LogP contribution in [0.5, 0.6) is 0 Å². The number of carboxylic acids is 1. The van der Waals surface area contributed by atoms with E-state index < -0.39 is 11.4 Å². The van der Waals surface area contributed by atoms with Crippen LogP contribution in [0, 0.1) is 33.0 Å². The first-order valence-electron chi connectivity index (χ1n) is 12.6. The molecule has 5 aliphatic rings. The Morgan fingerprint density at radius 1 is 0.970 bits per heavy atom. The van der Waals surface area contributed by atoms with E-state index in [1.807, 2.05) is 13.8 Å². The lowest BCUT2D eigenvalue weighted by Crippen LogP contribution is -2.62. The summed E-state index contributed by atoms with van der Waals surface area (Å²) in [6, 6.07) is 0. The van der Waals surface area contributed by atoms with Crippen molar-refractivity contribution in [1.82, 2.24) is 0 Å². The molecule has 33 heavy (non-hydrogen) atoms.